The van der Waals surface area contributed by atoms with Gasteiger partial charge in [0.1, 0.15) is 6.10 Å². The molecule has 0 saturated heterocycles. The molecule has 0 saturated carbocycles. The molecule has 0 radical (unpaired) electrons. The fourth-order valence-electron chi connectivity index (χ4n) is 7.77. The van der Waals surface area contributed by atoms with Crippen molar-refractivity contribution in [2.75, 3.05) is 0 Å². The number of carboxylic acid groups (broad SMARTS) is 1. The van der Waals surface area contributed by atoms with Crippen molar-refractivity contribution in [3.8, 4) is 0 Å². The van der Waals surface area contributed by atoms with Gasteiger partial charge in [-0.05, 0) is 32.1 Å². The van der Waals surface area contributed by atoms with Gasteiger partial charge in [0.2, 0.25) is 0 Å². The van der Waals surface area contributed by atoms with Gasteiger partial charge in [0, 0.05) is 12.8 Å². The second-order valence-electron chi connectivity index (χ2n) is 16.6. The molecule has 0 aliphatic carbocycles. The van der Waals surface area contributed by atoms with E-state index in [0.29, 0.717) is 12.8 Å². The number of rotatable bonds is 45. The summed E-state index contributed by atoms with van der Waals surface area (Å²) in [5.74, 6) is -0.625. The molecule has 1 atom stereocenters. The number of carboxylic acids is 1. The van der Waals surface area contributed by atoms with E-state index in [1.807, 2.05) is 0 Å². The van der Waals surface area contributed by atoms with Gasteiger partial charge in [-0.2, -0.15) is 0 Å². The molecule has 0 fully saturated rings. The van der Waals surface area contributed by atoms with Gasteiger partial charge in [-0.15, -0.1) is 0 Å². The first-order valence-corrected chi connectivity index (χ1v) is 24.0. The van der Waals surface area contributed by atoms with Crippen molar-refractivity contribution < 1.29 is 19.4 Å². The Balaban J connectivity index is 3.34. The summed E-state index contributed by atoms with van der Waals surface area (Å²) in [5.41, 5.74) is 0. The summed E-state index contributed by atoms with van der Waals surface area (Å²) in [6.07, 6.45) is 55.4. The zero-order valence-corrected chi connectivity index (χ0v) is 35.7. The topological polar surface area (TPSA) is 63.6 Å². The van der Waals surface area contributed by atoms with Crippen LogP contribution in [0.5, 0.6) is 0 Å². The van der Waals surface area contributed by atoms with Gasteiger partial charge in [-0.1, -0.05) is 245 Å². The van der Waals surface area contributed by atoms with Crippen molar-refractivity contribution in [2.24, 2.45) is 0 Å². The molecular weight excluding hydrogens is 641 g/mol. The van der Waals surface area contributed by atoms with Crippen LogP contribution in [0.3, 0.4) is 0 Å². The molecule has 52 heavy (non-hydrogen) atoms. The van der Waals surface area contributed by atoms with Gasteiger partial charge in [-0.25, -0.2) is 0 Å². The quantitative estimate of drug-likeness (QED) is 0.0500. The summed E-state index contributed by atoms with van der Waals surface area (Å²) in [5, 5.41) is 8.67. The summed E-state index contributed by atoms with van der Waals surface area (Å²) in [6, 6.07) is 0. The van der Waals surface area contributed by atoms with Crippen molar-refractivity contribution in [3.63, 3.8) is 0 Å². The first-order valence-electron chi connectivity index (χ1n) is 24.0. The second-order valence-corrected chi connectivity index (χ2v) is 16.6. The molecule has 0 aromatic heterocycles. The summed E-state index contributed by atoms with van der Waals surface area (Å²) in [7, 11) is 0. The standard InChI is InChI=1S/C48H94O4/c1-3-5-6-7-8-9-10-11-12-13-14-15-16-21-24-27-30-33-36-39-42-45-48(51)52-46(4-2)43-40-37-34-31-28-25-22-19-17-18-20-23-26-29-32-35-38-41-44-47(49)50/h46H,3-45H2,1-2H3,(H,49,50). The molecule has 0 rings (SSSR count). The highest BCUT2D eigenvalue weighted by Gasteiger charge is 2.12. The van der Waals surface area contributed by atoms with Gasteiger partial charge in [0.15, 0.2) is 0 Å². The molecule has 0 spiro atoms. The third-order valence-corrected chi connectivity index (χ3v) is 11.4. The van der Waals surface area contributed by atoms with Crippen LogP contribution in [-0.4, -0.2) is 23.1 Å². The van der Waals surface area contributed by atoms with E-state index in [9.17, 15) is 9.59 Å². The number of esters is 1. The van der Waals surface area contributed by atoms with Crippen molar-refractivity contribution >= 4 is 11.9 Å². The van der Waals surface area contributed by atoms with E-state index in [-0.39, 0.29) is 12.1 Å². The van der Waals surface area contributed by atoms with Gasteiger partial charge < -0.3 is 9.84 Å². The number of aliphatic carboxylic acids is 1. The number of carbonyl (C=O) groups is 2. The maximum absolute atomic E-state index is 12.4. The Hall–Kier alpha value is -1.06. The Bertz CT molecular complexity index is 706. The van der Waals surface area contributed by atoms with E-state index in [1.165, 1.54) is 231 Å². The molecule has 4 nitrogen and oxygen atoms in total. The van der Waals surface area contributed by atoms with Crippen LogP contribution in [0.2, 0.25) is 0 Å². The first kappa shape index (κ1) is 50.9. The molecule has 1 N–H and O–H groups in total. The highest BCUT2D eigenvalue weighted by atomic mass is 16.5. The van der Waals surface area contributed by atoms with Crippen LogP contribution in [0.15, 0.2) is 0 Å². The van der Waals surface area contributed by atoms with Crippen LogP contribution in [0.25, 0.3) is 0 Å². The Labute approximate surface area is 326 Å². The molecule has 0 aliphatic rings. The van der Waals surface area contributed by atoms with Crippen LogP contribution in [0.1, 0.15) is 290 Å². The molecule has 0 aromatic rings. The molecular formula is C48H94O4. The molecule has 0 heterocycles. The highest BCUT2D eigenvalue weighted by molar-refractivity contribution is 5.69. The summed E-state index contributed by atoms with van der Waals surface area (Å²) in [6.45, 7) is 4.46. The highest BCUT2D eigenvalue weighted by Crippen LogP contribution is 2.18. The van der Waals surface area contributed by atoms with Gasteiger partial charge >= 0.3 is 11.9 Å². The minimum atomic E-state index is -0.659. The minimum Gasteiger partial charge on any atom is -0.481 e. The van der Waals surface area contributed by atoms with E-state index in [4.69, 9.17) is 9.84 Å². The monoisotopic (exact) mass is 735 g/mol. The van der Waals surface area contributed by atoms with E-state index in [1.54, 1.807) is 0 Å². The number of hydrogen-bond acceptors (Lipinski definition) is 3. The van der Waals surface area contributed by atoms with Crippen molar-refractivity contribution in [1.82, 2.24) is 0 Å². The predicted molar refractivity (Wildman–Crippen MR) is 227 cm³/mol. The first-order chi connectivity index (χ1) is 25.6. The fourth-order valence-corrected chi connectivity index (χ4v) is 7.77. The van der Waals surface area contributed by atoms with Crippen LogP contribution >= 0.6 is 0 Å². The summed E-state index contributed by atoms with van der Waals surface area (Å²) in [4.78, 5) is 22.9. The minimum absolute atomic E-state index is 0.0337. The Morgan fingerprint density at radius 3 is 0.885 bits per heavy atom. The SMILES string of the molecule is CCCCCCCCCCCCCCCCCCCCCCCC(=O)OC(CC)CCCCCCCCCCCCCCCCCCCCC(=O)O. The lowest BCUT2D eigenvalue weighted by atomic mass is 10.0. The maximum atomic E-state index is 12.4. The molecule has 0 aliphatic heterocycles. The zero-order chi connectivity index (χ0) is 37.8. The van der Waals surface area contributed by atoms with Crippen molar-refractivity contribution in [2.45, 2.75) is 296 Å². The molecule has 4 heteroatoms. The van der Waals surface area contributed by atoms with Gasteiger partial charge in [0.25, 0.3) is 0 Å². The van der Waals surface area contributed by atoms with Crippen molar-refractivity contribution in [1.29, 1.82) is 0 Å². The lowest BCUT2D eigenvalue weighted by Crippen LogP contribution is -2.17. The third-order valence-electron chi connectivity index (χ3n) is 11.4. The zero-order valence-electron chi connectivity index (χ0n) is 35.7. The predicted octanol–water partition coefficient (Wildman–Crippen LogP) is 16.8. The molecule has 0 aromatic carbocycles. The lowest BCUT2D eigenvalue weighted by Gasteiger charge is -2.16. The van der Waals surface area contributed by atoms with Crippen LogP contribution in [0.4, 0.5) is 0 Å². The van der Waals surface area contributed by atoms with Crippen molar-refractivity contribution in [3.05, 3.63) is 0 Å². The Morgan fingerprint density at radius 1 is 0.365 bits per heavy atom. The molecule has 310 valence electrons. The van der Waals surface area contributed by atoms with Crippen LogP contribution in [0, 0.1) is 0 Å². The largest absolute Gasteiger partial charge is 0.481 e. The lowest BCUT2D eigenvalue weighted by molar-refractivity contribution is -0.149. The second kappa shape index (κ2) is 44.3. The number of unbranched alkanes of at least 4 members (excludes halogenated alkanes) is 37. The fraction of sp³-hybridized carbons (Fsp3) is 0.958. The summed E-state index contributed by atoms with van der Waals surface area (Å²) >= 11 is 0. The Morgan fingerprint density at radius 2 is 0.615 bits per heavy atom. The smallest absolute Gasteiger partial charge is 0.306 e. The average molecular weight is 735 g/mol. The third kappa shape index (κ3) is 43.3. The van der Waals surface area contributed by atoms with Crippen LogP contribution in [-0.2, 0) is 14.3 Å². The van der Waals surface area contributed by atoms with E-state index in [2.05, 4.69) is 13.8 Å². The summed E-state index contributed by atoms with van der Waals surface area (Å²) < 4.78 is 5.83. The Kier molecular flexibility index (Phi) is 43.4. The number of carbonyl (C=O) groups excluding carboxylic acids is 1. The molecule has 1 unspecified atom stereocenters. The number of hydrogen-bond donors (Lipinski definition) is 1. The van der Waals surface area contributed by atoms with Gasteiger partial charge in [-0.3, -0.25) is 9.59 Å². The average Bonchev–Trinajstić information content (AvgIpc) is 3.14. The molecule has 0 amide bonds. The number of ether oxygens (including phenoxy) is 1. The van der Waals surface area contributed by atoms with Crippen LogP contribution < -0.4 is 0 Å². The normalized spacial score (nSPS) is 12.0. The van der Waals surface area contributed by atoms with E-state index >= 15 is 0 Å². The van der Waals surface area contributed by atoms with E-state index < -0.39 is 5.97 Å². The maximum Gasteiger partial charge on any atom is 0.306 e. The van der Waals surface area contributed by atoms with Gasteiger partial charge in [0.05, 0.1) is 0 Å². The molecule has 0 bridgehead atoms. The van der Waals surface area contributed by atoms with E-state index in [0.717, 1.165) is 32.1 Å².